The van der Waals surface area contributed by atoms with Gasteiger partial charge in [-0.25, -0.2) is 0 Å². The van der Waals surface area contributed by atoms with Crippen LogP contribution in [-0.4, -0.2) is 13.1 Å². The topological polar surface area (TPSA) is 38.0 Å². The molecular formula is C17H20N2. The average Bonchev–Trinajstić information content (AvgIpc) is 2.48. The van der Waals surface area contributed by atoms with E-state index in [4.69, 9.17) is 5.73 Å². The predicted molar refractivity (Wildman–Crippen MR) is 81.1 cm³/mol. The van der Waals surface area contributed by atoms with Gasteiger partial charge in [0.15, 0.2) is 0 Å². The first-order valence-electron chi connectivity index (χ1n) is 6.99. The molecule has 0 atom stereocenters. The molecule has 0 spiro atoms. The summed E-state index contributed by atoms with van der Waals surface area (Å²) in [7, 11) is 0. The Hall–Kier alpha value is -1.80. The van der Waals surface area contributed by atoms with E-state index in [2.05, 4.69) is 35.6 Å². The van der Waals surface area contributed by atoms with Crippen molar-refractivity contribution in [3.8, 4) is 11.1 Å². The van der Waals surface area contributed by atoms with Gasteiger partial charge >= 0.3 is 0 Å². The maximum absolute atomic E-state index is 5.84. The number of rotatable bonds is 2. The zero-order chi connectivity index (χ0) is 13.1. The van der Waals surface area contributed by atoms with Crippen molar-refractivity contribution in [3.63, 3.8) is 0 Å². The molecule has 1 saturated heterocycles. The van der Waals surface area contributed by atoms with Crippen LogP contribution in [0.3, 0.4) is 0 Å². The third-order valence-corrected chi connectivity index (χ3v) is 3.94. The lowest BCUT2D eigenvalue weighted by atomic mass is 9.89. The van der Waals surface area contributed by atoms with Crippen LogP contribution in [0.5, 0.6) is 0 Å². The number of benzene rings is 2. The molecule has 1 aliphatic heterocycles. The summed E-state index contributed by atoms with van der Waals surface area (Å²) < 4.78 is 0. The molecule has 0 aromatic heterocycles. The number of anilines is 1. The summed E-state index contributed by atoms with van der Waals surface area (Å²) >= 11 is 0. The van der Waals surface area contributed by atoms with Gasteiger partial charge in [-0.15, -0.1) is 0 Å². The van der Waals surface area contributed by atoms with Crippen LogP contribution >= 0.6 is 0 Å². The largest absolute Gasteiger partial charge is 0.399 e. The first-order chi connectivity index (χ1) is 9.33. The van der Waals surface area contributed by atoms with E-state index in [-0.39, 0.29) is 0 Å². The van der Waals surface area contributed by atoms with Crippen molar-refractivity contribution < 1.29 is 0 Å². The highest BCUT2D eigenvalue weighted by molar-refractivity contribution is 5.67. The van der Waals surface area contributed by atoms with Crippen molar-refractivity contribution in [2.24, 2.45) is 0 Å². The Bertz CT molecular complexity index is 539. The minimum atomic E-state index is 0.719. The Labute approximate surface area is 114 Å². The normalized spacial score (nSPS) is 16.4. The minimum Gasteiger partial charge on any atom is -0.399 e. The standard InChI is InChI=1S/C17H20N2/c18-17-3-1-2-16(12-17)14-6-4-13(5-7-14)15-8-10-19-11-9-15/h1-7,12,15,19H,8-11,18H2. The molecule has 0 radical (unpaired) electrons. The van der Waals surface area contributed by atoms with Gasteiger partial charge in [0.25, 0.3) is 0 Å². The molecule has 98 valence electrons. The average molecular weight is 252 g/mol. The van der Waals surface area contributed by atoms with E-state index in [1.54, 1.807) is 0 Å². The van der Waals surface area contributed by atoms with Gasteiger partial charge in [0.1, 0.15) is 0 Å². The lowest BCUT2D eigenvalue weighted by Gasteiger charge is -2.23. The number of nitrogen functional groups attached to an aromatic ring is 1. The SMILES string of the molecule is Nc1cccc(-c2ccc(C3CCNCC3)cc2)c1. The molecule has 1 fully saturated rings. The molecule has 1 heterocycles. The van der Waals surface area contributed by atoms with Crippen LogP contribution in [0.1, 0.15) is 24.3 Å². The van der Waals surface area contributed by atoms with Crippen LogP contribution in [0.25, 0.3) is 11.1 Å². The molecule has 2 heteroatoms. The zero-order valence-corrected chi connectivity index (χ0v) is 11.1. The molecule has 19 heavy (non-hydrogen) atoms. The smallest absolute Gasteiger partial charge is 0.0320 e. The lowest BCUT2D eigenvalue weighted by molar-refractivity contribution is 0.460. The highest BCUT2D eigenvalue weighted by Gasteiger charge is 2.14. The Morgan fingerprint density at radius 2 is 1.63 bits per heavy atom. The van der Waals surface area contributed by atoms with Crippen LogP contribution in [0, 0.1) is 0 Å². The lowest BCUT2D eigenvalue weighted by Crippen LogP contribution is -2.26. The van der Waals surface area contributed by atoms with Crippen LogP contribution in [0.15, 0.2) is 48.5 Å². The molecule has 0 aliphatic carbocycles. The van der Waals surface area contributed by atoms with E-state index in [9.17, 15) is 0 Å². The predicted octanol–water partition coefficient (Wildman–Crippen LogP) is 3.40. The van der Waals surface area contributed by atoms with Crippen molar-refractivity contribution in [3.05, 3.63) is 54.1 Å². The first kappa shape index (κ1) is 12.2. The number of nitrogens with two attached hydrogens (primary N) is 1. The minimum absolute atomic E-state index is 0.719. The molecule has 2 nitrogen and oxygen atoms in total. The molecule has 3 rings (SSSR count). The van der Waals surface area contributed by atoms with Crippen LogP contribution in [0.4, 0.5) is 5.69 Å². The Morgan fingerprint density at radius 3 is 2.32 bits per heavy atom. The molecular weight excluding hydrogens is 232 g/mol. The molecule has 0 unspecified atom stereocenters. The maximum Gasteiger partial charge on any atom is 0.0320 e. The van der Waals surface area contributed by atoms with Gasteiger partial charge in [0.05, 0.1) is 0 Å². The highest BCUT2D eigenvalue weighted by Crippen LogP contribution is 2.28. The third-order valence-electron chi connectivity index (χ3n) is 3.94. The fourth-order valence-electron chi connectivity index (χ4n) is 2.82. The maximum atomic E-state index is 5.84. The monoisotopic (exact) mass is 252 g/mol. The Balaban J connectivity index is 1.82. The molecule has 0 saturated carbocycles. The van der Waals surface area contributed by atoms with E-state index >= 15 is 0 Å². The second-order valence-electron chi connectivity index (χ2n) is 5.27. The van der Waals surface area contributed by atoms with Gasteiger partial charge in [-0.3, -0.25) is 0 Å². The quantitative estimate of drug-likeness (QED) is 0.804. The fraction of sp³-hybridized carbons (Fsp3) is 0.294. The van der Waals surface area contributed by atoms with Gasteiger partial charge < -0.3 is 11.1 Å². The fourth-order valence-corrected chi connectivity index (χ4v) is 2.82. The second kappa shape index (κ2) is 5.45. The van der Waals surface area contributed by atoms with Crippen molar-refractivity contribution >= 4 is 5.69 Å². The summed E-state index contributed by atoms with van der Waals surface area (Å²) in [4.78, 5) is 0. The molecule has 3 N–H and O–H groups in total. The van der Waals surface area contributed by atoms with Crippen molar-refractivity contribution in [2.75, 3.05) is 18.8 Å². The summed E-state index contributed by atoms with van der Waals surface area (Å²) in [6, 6.07) is 17.0. The third kappa shape index (κ3) is 2.79. The van der Waals surface area contributed by atoms with E-state index in [1.807, 2.05) is 18.2 Å². The molecule has 2 aromatic rings. The van der Waals surface area contributed by atoms with E-state index in [1.165, 1.54) is 29.5 Å². The molecule has 1 aliphatic rings. The summed E-state index contributed by atoms with van der Waals surface area (Å²) in [6.07, 6.45) is 2.50. The van der Waals surface area contributed by atoms with E-state index in [0.717, 1.165) is 24.7 Å². The van der Waals surface area contributed by atoms with Gasteiger partial charge in [-0.2, -0.15) is 0 Å². The summed E-state index contributed by atoms with van der Waals surface area (Å²) in [5, 5.41) is 3.41. The van der Waals surface area contributed by atoms with Gasteiger partial charge in [0.2, 0.25) is 0 Å². The number of hydrogen-bond acceptors (Lipinski definition) is 2. The molecule has 2 aromatic carbocycles. The van der Waals surface area contributed by atoms with E-state index in [0.29, 0.717) is 0 Å². The van der Waals surface area contributed by atoms with E-state index < -0.39 is 0 Å². The van der Waals surface area contributed by atoms with Gasteiger partial charge in [0, 0.05) is 5.69 Å². The van der Waals surface area contributed by atoms with Crippen LogP contribution in [-0.2, 0) is 0 Å². The second-order valence-corrected chi connectivity index (χ2v) is 5.27. The molecule has 0 bridgehead atoms. The van der Waals surface area contributed by atoms with Crippen molar-refractivity contribution in [1.82, 2.24) is 5.32 Å². The van der Waals surface area contributed by atoms with Gasteiger partial charge in [-0.1, -0.05) is 36.4 Å². The number of piperidine rings is 1. The Kier molecular flexibility index (Phi) is 3.51. The summed E-state index contributed by atoms with van der Waals surface area (Å²) in [5.41, 5.74) is 10.6. The Morgan fingerprint density at radius 1 is 0.895 bits per heavy atom. The van der Waals surface area contributed by atoms with Crippen molar-refractivity contribution in [2.45, 2.75) is 18.8 Å². The zero-order valence-electron chi connectivity index (χ0n) is 11.1. The first-order valence-corrected chi connectivity index (χ1v) is 6.99. The summed E-state index contributed by atoms with van der Waals surface area (Å²) in [6.45, 7) is 2.28. The number of nitrogens with one attached hydrogen (secondary N) is 1. The van der Waals surface area contributed by atoms with Crippen LogP contribution < -0.4 is 11.1 Å². The summed E-state index contributed by atoms with van der Waals surface area (Å²) in [5.74, 6) is 0.719. The van der Waals surface area contributed by atoms with Gasteiger partial charge in [-0.05, 0) is 60.7 Å². The number of hydrogen-bond donors (Lipinski definition) is 2. The molecule has 0 amide bonds. The van der Waals surface area contributed by atoms with Crippen molar-refractivity contribution in [1.29, 1.82) is 0 Å². The highest BCUT2D eigenvalue weighted by atomic mass is 14.9. The van der Waals surface area contributed by atoms with Crippen LogP contribution in [0.2, 0.25) is 0 Å².